The number of carbonyl (C=O) groups is 4. The molecule has 0 fully saturated rings. The number of alkyl carbamates (subject to hydrolysis) is 1. The summed E-state index contributed by atoms with van der Waals surface area (Å²) in [6.07, 6.45) is -0.616. The van der Waals surface area contributed by atoms with Gasteiger partial charge in [-0.15, -0.1) is 0 Å². The number of carbonyl (C=O) groups excluding carboxylic acids is 3. The van der Waals surface area contributed by atoms with Crippen molar-refractivity contribution in [2.24, 2.45) is 0 Å². The second-order valence-electron chi connectivity index (χ2n) is 7.86. The smallest absolute Gasteiger partial charge is 0.407 e. The number of hydrogen-bond donors (Lipinski definition) is 5. The van der Waals surface area contributed by atoms with Gasteiger partial charge in [-0.25, -0.2) is 4.79 Å². The number of carboxylic acid groups (broad SMARTS) is 1. The number of aromatic amines is 1. The number of halogens is 2. The highest BCUT2D eigenvalue weighted by atomic mass is 79.9. The number of nitrogens with one attached hydrogen (secondary N) is 4. The van der Waals surface area contributed by atoms with Gasteiger partial charge in [-0.2, -0.15) is 0 Å². The van der Waals surface area contributed by atoms with E-state index in [9.17, 15) is 19.2 Å². The fourth-order valence-corrected chi connectivity index (χ4v) is 3.14. The van der Waals surface area contributed by atoms with Crippen molar-refractivity contribution in [1.82, 2.24) is 15.6 Å². The molecule has 0 aliphatic heterocycles. The Bertz CT molecular complexity index is 1060. The van der Waals surface area contributed by atoms with Gasteiger partial charge in [0.1, 0.15) is 30.2 Å². The minimum Gasteiger partial charge on any atom is -0.490 e. The summed E-state index contributed by atoms with van der Waals surface area (Å²) in [5.41, 5.74) is 0.000142. The van der Waals surface area contributed by atoms with E-state index >= 15 is 0 Å². The van der Waals surface area contributed by atoms with Gasteiger partial charge in [0.25, 0.3) is 11.8 Å². The van der Waals surface area contributed by atoms with E-state index in [2.05, 4.69) is 52.8 Å². The molecule has 0 aliphatic rings. The van der Waals surface area contributed by atoms with Crippen LogP contribution in [0, 0.1) is 0 Å². The predicted octanol–water partition coefficient (Wildman–Crippen LogP) is 3.51. The monoisotopic (exact) mass is 602 g/mol. The normalized spacial score (nSPS) is 10.9. The minimum atomic E-state index is -1.19. The number of benzene rings is 1. The lowest BCUT2D eigenvalue weighted by atomic mass is 10.1. The van der Waals surface area contributed by atoms with E-state index in [1.54, 1.807) is 26.8 Å². The van der Waals surface area contributed by atoms with Crippen LogP contribution in [0.4, 0.5) is 10.5 Å². The Labute approximate surface area is 212 Å². The molecule has 0 saturated carbocycles. The van der Waals surface area contributed by atoms with Gasteiger partial charge < -0.3 is 35.5 Å². The maximum atomic E-state index is 12.6. The number of hydrogen-bond acceptors (Lipinski definition) is 6. The molecule has 0 spiro atoms. The van der Waals surface area contributed by atoms with E-state index in [1.807, 2.05) is 0 Å². The molecule has 1 aromatic carbocycles. The maximum Gasteiger partial charge on any atom is 0.407 e. The molecule has 2 aromatic rings. The molecule has 13 heteroatoms. The summed E-state index contributed by atoms with van der Waals surface area (Å²) in [5.74, 6) is -2.14. The van der Waals surface area contributed by atoms with Crippen molar-refractivity contribution in [3.63, 3.8) is 0 Å². The Balaban J connectivity index is 2.14. The van der Waals surface area contributed by atoms with Crippen molar-refractivity contribution in [2.75, 3.05) is 25.0 Å². The van der Waals surface area contributed by atoms with Gasteiger partial charge in [-0.05, 0) is 76.9 Å². The summed E-state index contributed by atoms with van der Waals surface area (Å²) in [6.45, 7) is 4.75. The van der Waals surface area contributed by atoms with E-state index < -0.39 is 36.0 Å². The van der Waals surface area contributed by atoms with Crippen molar-refractivity contribution in [3.8, 4) is 5.75 Å². The van der Waals surface area contributed by atoms with E-state index in [-0.39, 0.29) is 35.8 Å². The fraction of sp³-hybridized carbons (Fsp3) is 0.333. The van der Waals surface area contributed by atoms with Crippen molar-refractivity contribution in [1.29, 1.82) is 0 Å². The lowest BCUT2D eigenvalue weighted by Gasteiger charge is -2.20. The van der Waals surface area contributed by atoms with Crippen LogP contribution in [0.15, 0.2) is 33.3 Å². The molecular weight excluding hydrogens is 580 g/mol. The second kappa shape index (κ2) is 11.9. The summed E-state index contributed by atoms with van der Waals surface area (Å²) >= 11 is 6.56. The van der Waals surface area contributed by atoms with Gasteiger partial charge in [-0.3, -0.25) is 14.4 Å². The summed E-state index contributed by atoms with van der Waals surface area (Å²) in [7, 11) is 0. The molecule has 0 bridgehead atoms. The molecule has 11 nitrogen and oxygen atoms in total. The number of anilines is 1. The average molecular weight is 604 g/mol. The van der Waals surface area contributed by atoms with Crippen LogP contribution in [0.2, 0.25) is 0 Å². The highest BCUT2D eigenvalue weighted by molar-refractivity contribution is 9.13. The van der Waals surface area contributed by atoms with Gasteiger partial charge in [0.15, 0.2) is 0 Å². The molecule has 0 saturated heterocycles. The molecule has 184 valence electrons. The van der Waals surface area contributed by atoms with Crippen LogP contribution in [0.5, 0.6) is 5.75 Å². The number of amides is 3. The minimum absolute atomic E-state index is 0.00189. The summed E-state index contributed by atoms with van der Waals surface area (Å²) in [4.78, 5) is 50.2. The van der Waals surface area contributed by atoms with Crippen LogP contribution in [-0.2, 0) is 9.53 Å². The molecule has 1 heterocycles. The maximum absolute atomic E-state index is 12.6. The molecule has 0 radical (unpaired) electrons. The first kappa shape index (κ1) is 27.2. The average Bonchev–Trinajstić information content (AvgIpc) is 3.07. The highest BCUT2D eigenvalue weighted by Crippen LogP contribution is 2.28. The van der Waals surface area contributed by atoms with Crippen molar-refractivity contribution in [2.45, 2.75) is 26.4 Å². The number of rotatable bonds is 9. The Morgan fingerprint density at radius 1 is 1.06 bits per heavy atom. The number of aromatic nitrogens is 1. The van der Waals surface area contributed by atoms with E-state index in [1.165, 1.54) is 18.2 Å². The van der Waals surface area contributed by atoms with E-state index in [4.69, 9.17) is 14.6 Å². The Morgan fingerprint density at radius 3 is 2.35 bits per heavy atom. The van der Waals surface area contributed by atoms with Gasteiger partial charge in [0.05, 0.1) is 21.3 Å². The third-order valence-corrected chi connectivity index (χ3v) is 5.67. The Morgan fingerprint density at radius 2 is 1.76 bits per heavy atom. The third-order valence-electron chi connectivity index (χ3n) is 3.89. The van der Waals surface area contributed by atoms with Crippen molar-refractivity contribution < 1.29 is 33.8 Å². The van der Waals surface area contributed by atoms with Gasteiger partial charge in [-0.1, -0.05) is 0 Å². The first-order valence-electron chi connectivity index (χ1n) is 9.95. The van der Waals surface area contributed by atoms with Crippen LogP contribution in [0.3, 0.4) is 0 Å². The Hall–Kier alpha value is -3.06. The summed E-state index contributed by atoms with van der Waals surface area (Å²) in [5, 5.41) is 16.2. The van der Waals surface area contributed by atoms with Crippen LogP contribution < -0.4 is 20.7 Å². The van der Waals surface area contributed by atoms with Crippen molar-refractivity contribution in [3.05, 3.63) is 44.6 Å². The Kier molecular flexibility index (Phi) is 9.50. The molecule has 0 aliphatic carbocycles. The van der Waals surface area contributed by atoms with Crippen LogP contribution >= 0.6 is 31.9 Å². The zero-order valence-corrected chi connectivity index (χ0v) is 21.8. The summed E-state index contributed by atoms with van der Waals surface area (Å²) in [6, 6.07) is 5.82. The lowest BCUT2D eigenvalue weighted by molar-refractivity contribution is -0.135. The zero-order valence-electron chi connectivity index (χ0n) is 18.6. The molecule has 1 aromatic heterocycles. The second-order valence-corrected chi connectivity index (χ2v) is 9.51. The molecular formula is C21H24Br2N4O7. The van der Waals surface area contributed by atoms with Crippen LogP contribution in [0.25, 0.3) is 0 Å². The fourth-order valence-electron chi connectivity index (χ4n) is 2.49. The van der Waals surface area contributed by atoms with Crippen LogP contribution in [-0.4, -0.2) is 59.3 Å². The first-order valence-corrected chi connectivity index (χ1v) is 11.5. The number of carboxylic acids is 1. The zero-order chi connectivity index (χ0) is 25.5. The largest absolute Gasteiger partial charge is 0.490 e. The molecule has 34 heavy (non-hydrogen) atoms. The number of ether oxygens (including phenoxy) is 2. The number of aliphatic carboxylic acids is 1. The standard InChI is InChI=1S/C21H24Br2N4O7/c1-21(2,3)34-20(32)24-6-7-33-15-8-11(18(30)25-10-16(28)29)4-5-13(15)27-19(31)14-9-12(22)17(23)26-14/h4-5,8-9,26H,6-7,10H2,1-3H3,(H,24,32)(H,25,30)(H,27,31)(H,28,29). The molecule has 5 N–H and O–H groups in total. The van der Waals surface area contributed by atoms with Gasteiger partial charge >= 0.3 is 12.1 Å². The van der Waals surface area contributed by atoms with Crippen LogP contribution in [0.1, 0.15) is 41.6 Å². The topological polar surface area (TPSA) is 159 Å². The van der Waals surface area contributed by atoms with Gasteiger partial charge in [0.2, 0.25) is 0 Å². The summed E-state index contributed by atoms with van der Waals surface area (Å²) < 4.78 is 12.1. The predicted molar refractivity (Wildman–Crippen MR) is 130 cm³/mol. The number of H-pyrrole nitrogens is 1. The van der Waals surface area contributed by atoms with Gasteiger partial charge in [0, 0.05) is 5.56 Å². The lowest BCUT2D eigenvalue weighted by Crippen LogP contribution is -2.34. The molecule has 2 rings (SSSR count). The highest BCUT2D eigenvalue weighted by Gasteiger charge is 2.18. The quantitative estimate of drug-likeness (QED) is 0.274. The van der Waals surface area contributed by atoms with E-state index in [0.29, 0.717) is 9.08 Å². The SMILES string of the molecule is CC(C)(C)OC(=O)NCCOc1cc(C(=O)NCC(=O)O)ccc1NC(=O)c1cc(Br)c(Br)[nH]1. The first-order chi connectivity index (χ1) is 15.9. The molecule has 0 unspecified atom stereocenters. The van der Waals surface area contributed by atoms with E-state index in [0.717, 1.165) is 0 Å². The molecule has 3 amide bonds. The van der Waals surface area contributed by atoms with Crippen molar-refractivity contribution >= 4 is 61.4 Å². The molecule has 0 atom stereocenters. The third kappa shape index (κ3) is 8.71.